The summed E-state index contributed by atoms with van der Waals surface area (Å²) >= 11 is 6.04. The first-order chi connectivity index (χ1) is 18.5. The van der Waals surface area contributed by atoms with Gasteiger partial charge in [-0.05, 0) is 48.2 Å². The van der Waals surface area contributed by atoms with Gasteiger partial charge in [-0.3, -0.25) is 14.6 Å². The maximum absolute atomic E-state index is 12.2. The van der Waals surface area contributed by atoms with Gasteiger partial charge in [-0.2, -0.15) is 0 Å². The van der Waals surface area contributed by atoms with Crippen LogP contribution in [-0.2, 0) is 11.3 Å². The fourth-order valence-electron chi connectivity index (χ4n) is 4.43. The van der Waals surface area contributed by atoms with Crippen molar-refractivity contribution in [2.24, 2.45) is 5.73 Å². The number of fused-ring (bicyclic) bond motifs is 4. The summed E-state index contributed by atoms with van der Waals surface area (Å²) in [6, 6.07) is 15.0. The Labute approximate surface area is 224 Å². The molecule has 3 heterocycles. The van der Waals surface area contributed by atoms with E-state index >= 15 is 0 Å². The Morgan fingerprint density at radius 2 is 1.87 bits per heavy atom. The maximum Gasteiger partial charge on any atom is 0.248 e. The van der Waals surface area contributed by atoms with Crippen LogP contribution in [0.4, 0.5) is 5.82 Å². The van der Waals surface area contributed by atoms with Crippen LogP contribution in [0.5, 0.6) is 0 Å². The number of hydrogen-bond donors (Lipinski definition) is 5. The lowest BCUT2D eigenvalue weighted by Gasteiger charge is -2.12. The number of anilines is 1. The van der Waals surface area contributed by atoms with Crippen molar-refractivity contribution in [2.75, 3.05) is 25.0 Å². The molecule has 38 heavy (non-hydrogen) atoms. The van der Waals surface area contributed by atoms with Crippen LogP contribution in [-0.4, -0.2) is 46.4 Å². The van der Waals surface area contributed by atoms with Crippen LogP contribution >= 0.6 is 11.6 Å². The van der Waals surface area contributed by atoms with Crippen molar-refractivity contribution < 1.29 is 9.59 Å². The van der Waals surface area contributed by atoms with E-state index in [4.69, 9.17) is 22.3 Å². The minimum Gasteiger partial charge on any atom is -0.369 e. The number of aromatic nitrogens is 3. The van der Waals surface area contributed by atoms with Gasteiger partial charge in [-0.25, -0.2) is 4.98 Å². The number of benzene rings is 2. The topological polar surface area (TPSA) is 138 Å². The third kappa shape index (κ3) is 5.85. The van der Waals surface area contributed by atoms with Gasteiger partial charge in [0.15, 0.2) is 0 Å². The molecule has 0 aliphatic rings. The van der Waals surface area contributed by atoms with Crippen LogP contribution in [0.25, 0.3) is 32.6 Å². The molecule has 5 rings (SSSR count). The monoisotopic (exact) mass is 529 g/mol. The number of H-pyrrole nitrogens is 1. The fourth-order valence-corrected chi connectivity index (χ4v) is 4.60. The first kappa shape index (κ1) is 25.4. The van der Waals surface area contributed by atoms with Crippen LogP contribution in [0.15, 0.2) is 60.9 Å². The van der Waals surface area contributed by atoms with Crippen LogP contribution < -0.4 is 21.7 Å². The van der Waals surface area contributed by atoms with Crippen molar-refractivity contribution in [1.29, 1.82) is 0 Å². The summed E-state index contributed by atoms with van der Waals surface area (Å²) in [5, 5.41) is 14.2. The third-order valence-corrected chi connectivity index (χ3v) is 6.57. The van der Waals surface area contributed by atoms with E-state index in [1.807, 2.05) is 30.3 Å². The largest absolute Gasteiger partial charge is 0.369 e. The molecule has 10 heteroatoms. The molecule has 194 valence electrons. The van der Waals surface area contributed by atoms with E-state index in [0.29, 0.717) is 54.5 Å². The first-order valence-corrected chi connectivity index (χ1v) is 12.8. The Balaban J connectivity index is 1.07. The molecule has 0 fully saturated rings. The highest BCUT2D eigenvalue weighted by molar-refractivity contribution is 6.31. The molecule has 0 saturated carbocycles. The standard InChI is InChI=1S/C28H28ClN7O2/c29-19-4-2-17-12-20(35-24(17)14-19)15-31-11-7-26(37)33-8-1-9-34-28-22-6-10-32-16-23(22)21-5-3-18(27(30)38)13-25(21)36-28/h2-6,10,12-14,16,31,35H,1,7-9,11,15H2,(H2,30,38)(H,33,37)(H,34,36). The normalized spacial score (nSPS) is 11.3. The Hall–Kier alpha value is -4.21. The number of nitrogens with one attached hydrogen (secondary N) is 4. The van der Waals surface area contributed by atoms with Crippen molar-refractivity contribution in [3.8, 4) is 0 Å². The molecule has 0 saturated heterocycles. The van der Waals surface area contributed by atoms with Gasteiger partial charge in [0.2, 0.25) is 11.8 Å². The van der Waals surface area contributed by atoms with Gasteiger partial charge in [-0.1, -0.05) is 23.7 Å². The van der Waals surface area contributed by atoms with E-state index < -0.39 is 5.91 Å². The van der Waals surface area contributed by atoms with Gasteiger partial charge < -0.3 is 26.7 Å². The van der Waals surface area contributed by atoms with E-state index in [-0.39, 0.29) is 5.91 Å². The van der Waals surface area contributed by atoms with Crippen molar-refractivity contribution in [2.45, 2.75) is 19.4 Å². The molecule has 6 N–H and O–H groups in total. The number of halogens is 1. The quantitative estimate of drug-likeness (QED) is 0.129. The molecule has 3 aromatic heterocycles. The van der Waals surface area contributed by atoms with Gasteiger partial charge in [0.05, 0.1) is 5.52 Å². The molecule has 0 aliphatic heterocycles. The zero-order chi connectivity index (χ0) is 26.5. The van der Waals surface area contributed by atoms with Gasteiger partial charge in [0.1, 0.15) is 5.82 Å². The summed E-state index contributed by atoms with van der Waals surface area (Å²) in [6.45, 7) is 2.39. The molecule has 9 nitrogen and oxygen atoms in total. The molecule has 0 spiro atoms. The van der Waals surface area contributed by atoms with E-state index in [1.54, 1.807) is 24.5 Å². The molecule has 2 aromatic carbocycles. The van der Waals surface area contributed by atoms with E-state index in [0.717, 1.165) is 39.2 Å². The molecule has 2 amide bonds. The predicted molar refractivity (Wildman–Crippen MR) is 151 cm³/mol. The minimum atomic E-state index is -0.497. The number of nitrogens with zero attached hydrogens (tertiary/aromatic N) is 2. The lowest BCUT2D eigenvalue weighted by Crippen LogP contribution is -2.29. The van der Waals surface area contributed by atoms with Crippen molar-refractivity contribution in [1.82, 2.24) is 25.6 Å². The highest BCUT2D eigenvalue weighted by atomic mass is 35.5. The lowest BCUT2D eigenvalue weighted by atomic mass is 10.1. The summed E-state index contributed by atoms with van der Waals surface area (Å²) in [5.74, 6) is 0.204. The zero-order valence-electron chi connectivity index (χ0n) is 20.7. The van der Waals surface area contributed by atoms with Crippen molar-refractivity contribution in [3.05, 3.63) is 77.2 Å². The van der Waals surface area contributed by atoms with Gasteiger partial charge in [-0.15, -0.1) is 0 Å². The van der Waals surface area contributed by atoms with Crippen molar-refractivity contribution >= 4 is 61.8 Å². The number of primary amides is 1. The summed E-state index contributed by atoms with van der Waals surface area (Å²) in [4.78, 5) is 36.1. The van der Waals surface area contributed by atoms with E-state index in [1.165, 1.54) is 0 Å². The Kier molecular flexibility index (Phi) is 7.67. The fraction of sp³-hybridized carbons (Fsp3) is 0.214. The van der Waals surface area contributed by atoms with Crippen LogP contribution in [0.1, 0.15) is 28.9 Å². The van der Waals surface area contributed by atoms with Crippen LogP contribution in [0.2, 0.25) is 5.02 Å². The average Bonchev–Trinajstić information content (AvgIpc) is 3.32. The second kappa shape index (κ2) is 11.5. The number of nitrogens with two attached hydrogens (primary N) is 1. The van der Waals surface area contributed by atoms with E-state index in [9.17, 15) is 9.59 Å². The zero-order valence-corrected chi connectivity index (χ0v) is 21.4. The molecule has 0 bridgehead atoms. The third-order valence-electron chi connectivity index (χ3n) is 6.33. The molecule has 0 atom stereocenters. The first-order valence-electron chi connectivity index (χ1n) is 12.4. The van der Waals surface area contributed by atoms with E-state index in [2.05, 4.69) is 32.0 Å². The molecular weight excluding hydrogens is 502 g/mol. The number of hydrogen-bond acceptors (Lipinski definition) is 6. The van der Waals surface area contributed by atoms with Crippen LogP contribution in [0, 0.1) is 0 Å². The molecule has 0 radical (unpaired) electrons. The van der Waals surface area contributed by atoms with Gasteiger partial charge in [0, 0.05) is 82.9 Å². The average molecular weight is 530 g/mol. The molecule has 5 aromatic rings. The second-order valence-electron chi connectivity index (χ2n) is 9.06. The highest BCUT2D eigenvalue weighted by Crippen LogP contribution is 2.29. The SMILES string of the molecule is NC(=O)c1ccc2c(c1)nc(NCCCNC(=O)CCNCc1cc3ccc(Cl)cc3[nH]1)c1ccncc12. The summed E-state index contributed by atoms with van der Waals surface area (Å²) in [5.41, 5.74) is 8.56. The van der Waals surface area contributed by atoms with Crippen LogP contribution in [0.3, 0.4) is 0 Å². The maximum atomic E-state index is 12.2. The smallest absolute Gasteiger partial charge is 0.248 e. The number of pyridine rings is 2. The molecular formula is C28H28ClN7O2. The van der Waals surface area contributed by atoms with Crippen molar-refractivity contribution in [3.63, 3.8) is 0 Å². The number of aromatic amines is 1. The highest BCUT2D eigenvalue weighted by Gasteiger charge is 2.11. The second-order valence-corrected chi connectivity index (χ2v) is 9.50. The predicted octanol–water partition coefficient (Wildman–Crippen LogP) is 4.11. The minimum absolute atomic E-state index is 0.000245. The molecule has 0 unspecified atom stereocenters. The number of rotatable bonds is 11. The van der Waals surface area contributed by atoms with Gasteiger partial charge >= 0.3 is 0 Å². The Bertz CT molecular complexity index is 1630. The number of carbonyl (C=O) groups is 2. The lowest BCUT2D eigenvalue weighted by molar-refractivity contribution is -0.121. The number of amides is 2. The summed E-state index contributed by atoms with van der Waals surface area (Å²) < 4.78 is 0. The Morgan fingerprint density at radius 1 is 0.974 bits per heavy atom. The Morgan fingerprint density at radius 3 is 2.74 bits per heavy atom. The summed E-state index contributed by atoms with van der Waals surface area (Å²) in [7, 11) is 0. The molecule has 0 aliphatic carbocycles. The number of carbonyl (C=O) groups excluding carboxylic acids is 2. The summed E-state index contributed by atoms with van der Waals surface area (Å²) in [6.07, 6.45) is 4.63. The van der Waals surface area contributed by atoms with Gasteiger partial charge in [0.25, 0.3) is 0 Å².